The molecule has 0 saturated carbocycles. The number of halogens is 5. The Kier molecular flexibility index (Phi) is 4.09. The maximum absolute atomic E-state index is 12.3. The summed E-state index contributed by atoms with van der Waals surface area (Å²) in [6, 6.07) is 0. The van der Waals surface area contributed by atoms with Gasteiger partial charge < -0.3 is 4.74 Å². The van der Waals surface area contributed by atoms with Gasteiger partial charge in [0, 0.05) is 0 Å². The second-order valence-corrected chi connectivity index (χ2v) is 2.23. The van der Waals surface area contributed by atoms with Gasteiger partial charge in [0.05, 0.1) is 0 Å². The van der Waals surface area contributed by atoms with Crippen LogP contribution < -0.4 is 0 Å². The van der Waals surface area contributed by atoms with Gasteiger partial charge in [-0.05, 0) is 6.92 Å². The molecule has 7 heteroatoms. The minimum absolute atomic E-state index is 0.434. The first-order valence-electron chi connectivity index (χ1n) is 3.25. The molecule has 2 nitrogen and oxygen atoms in total. The minimum atomic E-state index is -4.37. The van der Waals surface area contributed by atoms with Crippen molar-refractivity contribution in [1.82, 2.24) is 0 Å². The Balaban J connectivity index is 4.10. The van der Waals surface area contributed by atoms with Crippen LogP contribution in [0.1, 0.15) is 6.92 Å². The van der Waals surface area contributed by atoms with Gasteiger partial charge >= 0.3 is 11.9 Å². The van der Waals surface area contributed by atoms with Gasteiger partial charge in [0.15, 0.2) is 12.8 Å². The zero-order valence-electron chi connectivity index (χ0n) is 6.57. The summed E-state index contributed by atoms with van der Waals surface area (Å²) in [6.45, 7) is -1.02. The SMILES string of the molecule is CC(F)C(F)(F)C(=O)OCC(F)F. The molecule has 0 aliphatic rings. The van der Waals surface area contributed by atoms with Crippen molar-refractivity contribution in [3.63, 3.8) is 0 Å². The summed E-state index contributed by atoms with van der Waals surface area (Å²) in [5.41, 5.74) is 0. The summed E-state index contributed by atoms with van der Waals surface area (Å²) in [5.74, 6) is -6.64. The van der Waals surface area contributed by atoms with E-state index in [4.69, 9.17) is 0 Å². The minimum Gasteiger partial charge on any atom is -0.455 e. The average molecular weight is 206 g/mol. The molecule has 0 fully saturated rings. The summed E-state index contributed by atoms with van der Waals surface area (Å²) in [6.07, 6.45) is -5.81. The average Bonchev–Trinajstić information content (AvgIpc) is 1.99. The largest absolute Gasteiger partial charge is 0.455 e. The summed E-state index contributed by atoms with van der Waals surface area (Å²) < 4.78 is 62.8. The first-order chi connectivity index (χ1) is 5.78. The second kappa shape index (κ2) is 4.38. The highest BCUT2D eigenvalue weighted by molar-refractivity contribution is 5.78. The van der Waals surface area contributed by atoms with E-state index in [0.29, 0.717) is 6.92 Å². The van der Waals surface area contributed by atoms with E-state index >= 15 is 0 Å². The van der Waals surface area contributed by atoms with Crippen LogP contribution in [0.25, 0.3) is 0 Å². The van der Waals surface area contributed by atoms with Crippen LogP contribution in [0.3, 0.4) is 0 Å². The number of esters is 1. The Morgan fingerprint density at radius 1 is 1.38 bits per heavy atom. The van der Waals surface area contributed by atoms with Crippen molar-refractivity contribution >= 4 is 5.97 Å². The van der Waals surface area contributed by atoms with Crippen molar-refractivity contribution < 1.29 is 31.5 Å². The van der Waals surface area contributed by atoms with Gasteiger partial charge in [-0.2, -0.15) is 8.78 Å². The van der Waals surface area contributed by atoms with Crippen LogP contribution in [-0.4, -0.2) is 31.1 Å². The Hall–Kier alpha value is -0.880. The number of alkyl halides is 5. The molecule has 0 bridgehead atoms. The molecule has 0 aliphatic heterocycles. The molecule has 0 aromatic heterocycles. The lowest BCUT2D eigenvalue weighted by Gasteiger charge is -2.15. The Bertz CT molecular complexity index is 180. The highest BCUT2D eigenvalue weighted by atomic mass is 19.3. The van der Waals surface area contributed by atoms with Crippen molar-refractivity contribution in [3.8, 4) is 0 Å². The standard InChI is InChI=1S/C6H7F5O2/c1-3(7)6(10,11)5(12)13-2-4(8)9/h3-4H,2H2,1H3. The topological polar surface area (TPSA) is 26.3 Å². The van der Waals surface area contributed by atoms with E-state index in [9.17, 15) is 26.7 Å². The Labute approximate surface area is 70.7 Å². The van der Waals surface area contributed by atoms with E-state index in [1.807, 2.05) is 0 Å². The molecule has 0 heterocycles. The van der Waals surface area contributed by atoms with Crippen molar-refractivity contribution in [2.24, 2.45) is 0 Å². The number of carbonyl (C=O) groups excluding carboxylic acids is 1. The highest BCUT2D eigenvalue weighted by Gasteiger charge is 2.47. The first kappa shape index (κ1) is 12.1. The molecular weight excluding hydrogens is 199 g/mol. The summed E-state index contributed by atoms with van der Waals surface area (Å²) in [7, 11) is 0. The smallest absolute Gasteiger partial charge is 0.380 e. The molecular formula is C6H7F5O2. The molecule has 0 spiro atoms. The lowest BCUT2D eigenvalue weighted by atomic mass is 10.2. The zero-order valence-corrected chi connectivity index (χ0v) is 6.57. The van der Waals surface area contributed by atoms with Crippen molar-refractivity contribution in [2.75, 3.05) is 6.61 Å². The third kappa shape index (κ3) is 3.56. The molecule has 1 unspecified atom stereocenters. The molecule has 0 aromatic rings. The summed E-state index contributed by atoms with van der Waals surface area (Å²) >= 11 is 0. The maximum Gasteiger partial charge on any atom is 0.380 e. The van der Waals surface area contributed by atoms with Gasteiger partial charge in [-0.3, -0.25) is 0 Å². The van der Waals surface area contributed by atoms with Gasteiger partial charge in [0.2, 0.25) is 0 Å². The normalized spacial score (nSPS) is 14.4. The Morgan fingerprint density at radius 2 is 1.85 bits per heavy atom. The van der Waals surface area contributed by atoms with E-state index in [1.165, 1.54) is 0 Å². The molecule has 0 aliphatic carbocycles. The summed E-state index contributed by atoms with van der Waals surface area (Å²) in [4.78, 5) is 10.3. The molecule has 0 aromatic carbocycles. The predicted octanol–water partition coefficient (Wildman–Crippen LogP) is 1.79. The number of carbonyl (C=O) groups is 1. The lowest BCUT2D eigenvalue weighted by Crippen LogP contribution is -2.39. The second-order valence-electron chi connectivity index (χ2n) is 2.23. The number of hydrogen-bond acceptors (Lipinski definition) is 2. The lowest BCUT2D eigenvalue weighted by molar-refractivity contribution is -0.184. The van der Waals surface area contributed by atoms with Crippen LogP contribution in [-0.2, 0) is 9.53 Å². The predicted molar refractivity (Wildman–Crippen MR) is 32.5 cm³/mol. The quantitative estimate of drug-likeness (QED) is 0.517. The van der Waals surface area contributed by atoms with E-state index < -0.39 is 31.1 Å². The van der Waals surface area contributed by atoms with Crippen molar-refractivity contribution in [3.05, 3.63) is 0 Å². The highest BCUT2D eigenvalue weighted by Crippen LogP contribution is 2.22. The Morgan fingerprint density at radius 3 is 2.15 bits per heavy atom. The van der Waals surface area contributed by atoms with Gasteiger partial charge in [0.1, 0.15) is 0 Å². The van der Waals surface area contributed by atoms with Gasteiger partial charge in [-0.25, -0.2) is 18.0 Å². The zero-order chi connectivity index (χ0) is 10.6. The van der Waals surface area contributed by atoms with Crippen LogP contribution in [0.4, 0.5) is 22.0 Å². The van der Waals surface area contributed by atoms with Gasteiger partial charge in [-0.15, -0.1) is 0 Å². The van der Waals surface area contributed by atoms with Gasteiger partial charge in [-0.1, -0.05) is 0 Å². The number of hydrogen-bond donors (Lipinski definition) is 0. The molecule has 13 heavy (non-hydrogen) atoms. The fourth-order valence-corrected chi connectivity index (χ4v) is 0.397. The third-order valence-electron chi connectivity index (χ3n) is 1.11. The van der Waals surface area contributed by atoms with Crippen LogP contribution in [0, 0.1) is 0 Å². The first-order valence-corrected chi connectivity index (χ1v) is 3.25. The van der Waals surface area contributed by atoms with E-state index in [-0.39, 0.29) is 0 Å². The molecule has 0 rings (SSSR count). The van der Waals surface area contributed by atoms with Crippen LogP contribution in [0.2, 0.25) is 0 Å². The van der Waals surface area contributed by atoms with Crippen molar-refractivity contribution in [2.45, 2.75) is 25.4 Å². The summed E-state index contributed by atoms with van der Waals surface area (Å²) in [5, 5.41) is 0. The van der Waals surface area contributed by atoms with E-state index in [0.717, 1.165) is 0 Å². The fraction of sp³-hybridized carbons (Fsp3) is 0.833. The van der Waals surface area contributed by atoms with Crippen LogP contribution in [0.15, 0.2) is 0 Å². The van der Waals surface area contributed by atoms with Gasteiger partial charge in [0.25, 0.3) is 6.43 Å². The molecule has 0 amide bonds. The molecule has 0 radical (unpaired) electrons. The monoisotopic (exact) mass is 206 g/mol. The number of ether oxygens (including phenoxy) is 1. The molecule has 1 atom stereocenters. The van der Waals surface area contributed by atoms with Crippen LogP contribution in [0.5, 0.6) is 0 Å². The fourth-order valence-electron chi connectivity index (χ4n) is 0.397. The molecule has 0 saturated heterocycles. The number of rotatable bonds is 4. The maximum atomic E-state index is 12.3. The third-order valence-corrected chi connectivity index (χ3v) is 1.11. The van der Waals surface area contributed by atoms with E-state index in [1.54, 1.807) is 0 Å². The van der Waals surface area contributed by atoms with Crippen molar-refractivity contribution in [1.29, 1.82) is 0 Å². The molecule has 0 N–H and O–H groups in total. The molecule has 78 valence electrons. The van der Waals surface area contributed by atoms with E-state index in [2.05, 4.69) is 4.74 Å². The van der Waals surface area contributed by atoms with Crippen LogP contribution >= 0.6 is 0 Å².